The molecule has 78 valence electrons. The molecule has 0 saturated carbocycles. The maximum atomic E-state index is 9.56. The molecule has 1 N–H and O–H groups in total. The molecule has 0 bridgehead atoms. The molecule has 0 rings (SSSR count). The highest BCUT2D eigenvalue weighted by Crippen LogP contribution is 2.36. The van der Waals surface area contributed by atoms with Gasteiger partial charge < -0.3 is 9.42 Å². The Balaban J connectivity index is 3.87. The summed E-state index contributed by atoms with van der Waals surface area (Å²) in [5, 5.41) is 8.27. The van der Waals surface area contributed by atoms with E-state index in [4.69, 9.17) is 9.79 Å². The Morgan fingerprint density at radius 2 is 2.00 bits per heavy atom. The summed E-state index contributed by atoms with van der Waals surface area (Å²) < 4.78 is 6.78. The molecule has 0 spiro atoms. The maximum absolute atomic E-state index is 9.56. The van der Waals surface area contributed by atoms with Crippen LogP contribution in [-0.4, -0.2) is 29.3 Å². The zero-order chi connectivity index (χ0) is 10.8. The molecular formula is C9H15N2O2P. The van der Waals surface area contributed by atoms with Gasteiger partial charge in [0.2, 0.25) is 0 Å². The van der Waals surface area contributed by atoms with Crippen molar-refractivity contribution in [3.8, 4) is 6.07 Å². The molecule has 0 heterocycles. The Kier molecular flexibility index (Phi) is 8.40. The molecule has 0 aliphatic rings. The fraction of sp³-hybridized carbons (Fsp3) is 0.444. The highest BCUT2D eigenvalue weighted by atomic mass is 31.2. The molecule has 4 nitrogen and oxygen atoms in total. The van der Waals surface area contributed by atoms with Crippen LogP contribution < -0.4 is 0 Å². The van der Waals surface area contributed by atoms with Crippen molar-refractivity contribution in [2.24, 2.45) is 0 Å². The van der Waals surface area contributed by atoms with Gasteiger partial charge in [0.05, 0.1) is 19.1 Å². The first-order valence-corrected chi connectivity index (χ1v) is 5.38. The topological polar surface area (TPSA) is 56.5 Å². The van der Waals surface area contributed by atoms with E-state index in [0.717, 1.165) is 0 Å². The fourth-order valence-corrected chi connectivity index (χ4v) is 1.70. The first-order valence-electron chi connectivity index (χ1n) is 4.21. The van der Waals surface area contributed by atoms with Gasteiger partial charge in [-0.2, -0.15) is 5.26 Å². The van der Waals surface area contributed by atoms with Crippen molar-refractivity contribution in [2.75, 3.05) is 19.7 Å². The molecule has 0 saturated heterocycles. The molecule has 1 atom stereocenters. The molecule has 0 radical (unpaired) electrons. The van der Waals surface area contributed by atoms with Gasteiger partial charge in [-0.15, -0.1) is 13.2 Å². The van der Waals surface area contributed by atoms with Crippen LogP contribution in [0.5, 0.6) is 0 Å². The standard InChI is InChI=1S/C9H15N2O2P/c1-3-7-11(8-4-2)14(12)13-9-5-6-10/h3-4,12H,1-2,5,7-9H2. The van der Waals surface area contributed by atoms with Crippen LogP contribution in [0.4, 0.5) is 0 Å². The van der Waals surface area contributed by atoms with E-state index in [0.29, 0.717) is 13.1 Å². The summed E-state index contributed by atoms with van der Waals surface area (Å²) >= 11 is 0. The Morgan fingerprint density at radius 1 is 1.43 bits per heavy atom. The molecular weight excluding hydrogens is 199 g/mol. The summed E-state index contributed by atoms with van der Waals surface area (Å²) in [6, 6.07) is 1.94. The van der Waals surface area contributed by atoms with Gasteiger partial charge in [0.1, 0.15) is 0 Å². The molecule has 0 aliphatic carbocycles. The average molecular weight is 214 g/mol. The lowest BCUT2D eigenvalue weighted by Crippen LogP contribution is -2.19. The minimum atomic E-state index is -1.63. The van der Waals surface area contributed by atoms with Gasteiger partial charge in [-0.3, -0.25) is 0 Å². The van der Waals surface area contributed by atoms with Gasteiger partial charge in [0, 0.05) is 13.1 Å². The second-order valence-electron chi connectivity index (χ2n) is 2.44. The van der Waals surface area contributed by atoms with E-state index < -0.39 is 8.53 Å². The molecule has 0 aliphatic heterocycles. The van der Waals surface area contributed by atoms with E-state index in [9.17, 15) is 4.89 Å². The third kappa shape index (κ3) is 5.85. The van der Waals surface area contributed by atoms with Crippen LogP contribution in [0.2, 0.25) is 0 Å². The second-order valence-corrected chi connectivity index (χ2v) is 3.77. The summed E-state index contributed by atoms with van der Waals surface area (Å²) in [7, 11) is -1.63. The summed E-state index contributed by atoms with van der Waals surface area (Å²) in [6.45, 7) is 8.49. The smallest absolute Gasteiger partial charge is 0.256 e. The number of nitriles is 1. The van der Waals surface area contributed by atoms with Gasteiger partial charge in [-0.05, 0) is 0 Å². The van der Waals surface area contributed by atoms with Gasteiger partial charge in [0.15, 0.2) is 0 Å². The number of nitrogens with zero attached hydrogens (tertiary/aromatic N) is 2. The van der Waals surface area contributed by atoms with Crippen molar-refractivity contribution in [3.05, 3.63) is 25.3 Å². The lowest BCUT2D eigenvalue weighted by molar-refractivity contribution is 0.272. The normalized spacial score (nSPS) is 12.1. The van der Waals surface area contributed by atoms with Crippen LogP contribution in [0, 0.1) is 11.3 Å². The fourth-order valence-electron chi connectivity index (χ4n) is 0.767. The molecule has 0 aromatic heterocycles. The first-order chi connectivity index (χ1) is 6.76. The van der Waals surface area contributed by atoms with Crippen molar-refractivity contribution < 1.29 is 9.42 Å². The van der Waals surface area contributed by atoms with Crippen LogP contribution in [0.3, 0.4) is 0 Å². The van der Waals surface area contributed by atoms with Crippen molar-refractivity contribution in [3.63, 3.8) is 0 Å². The zero-order valence-electron chi connectivity index (χ0n) is 8.09. The van der Waals surface area contributed by atoms with Crippen LogP contribution in [0.1, 0.15) is 6.42 Å². The van der Waals surface area contributed by atoms with Crippen LogP contribution in [0.25, 0.3) is 0 Å². The van der Waals surface area contributed by atoms with Gasteiger partial charge >= 0.3 is 0 Å². The van der Waals surface area contributed by atoms with Gasteiger partial charge in [-0.25, -0.2) is 4.67 Å². The van der Waals surface area contributed by atoms with Crippen molar-refractivity contribution in [1.82, 2.24) is 4.67 Å². The minimum Gasteiger partial charge on any atom is -0.338 e. The van der Waals surface area contributed by atoms with Gasteiger partial charge in [0.25, 0.3) is 8.53 Å². The second kappa shape index (κ2) is 8.86. The van der Waals surface area contributed by atoms with E-state index in [-0.39, 0.29) is 13.0 Å². The van der Waals surface area contributed by atoms with E-state index in [1.165, 1.54) is 0 Å². The Morgan fingerprint density at radius 3 is 2.43 bits per heavy atom. The lowest BCUT2D eigenvalue weighted by atomic mass is 10.5. The lowest BCUT2D eigenvalue weighted by Gasteiger charge is -2.22. The van der Waals surface area contributed by atoms with Crippen molar-refractivity contribution >= 4 is 8.53 Å². The minimum absolute atomic E-state index is 0.253. The third-order valence-electron chi connectivity index (χ3n) is 1.34. The van der Waals surface area contributed by atoms with Crippen molar-refractivity contribution in [2.45, 2.75) is 6.42 Å². The highest BCUT2D eigenvalue weighted by molar-refractivity contribution is 7.43. The van der Waals surface area contributed by atoms with Crippen LogP contribution >= 0.6 is 8.53 Å². The molecule has 1 unspecified atom stereocenters. The molecule has 14 heavy (non-hydrogen) atoms. The van der Waals surface area contributed by atoms with Gasteiger partial charge in [-0.1, -0.05) is 12.2 Å². The maximum Gasteiger partial charge on any atom is 0.256 e. The summed E-state index contributed by atoms with van der Waals surface area (Å²) in [5.41, 5.74) is 0. The highest BCUT2D eigenvalue weighted by Gasteiger charge is 2.14. The Hall–Kier alpha value is -0.720. The first kappa shape index (κ1) is 13.3. The van der Waals surface area contributed by atoms with E-state index >= 15 is 0 Å². The predicted molar refractivity (Wildman–Crippen MR) is 57.3 cm³/mol. The number of rotatable bonds is 8. The third-order valence-corrected chi connectivity index (χ3v) is 2.57. The molecule has 5 heteroatoms. The summed E-state index contributed by atoms with van der Waals surface area (Å²) in [6.07, 6.45) is 3.65. The number of hydrogen-bond acceptors (Lipinski definition) is 4. The average Bonchev–Trinajstić information content (AvgIpc) is 2.18. The number of hydrogen-bond donors (Lipinski definition) is 1. The summed E-state index contributed by atoms with van der Waals surface area (Å²) in [4.78, 5) is 9.56. The Bertz CT molecular complexity index is 205. The van der Waals surface area contributed by atoms with Crippen molar-refractivity contribution in [1.29, 1.82) is 5.26 Å². The quantitative estimate of drug-likeness (QED) is 0.380. The SMILES string of the molecule is C=CCN(CC=C)P(O)OCCC#N. The molecule has 0 amide bonds. The van der Waals surface area contributed by atoms with Crippen LogP contribution in [-0.2, 0) is 4.52 Å². The predicted octanol–water partition coefficient (Wildman–Crippen LogP) is 1.81. The molecule has 0 aromatic carbocycles. The largest absolute Gasteiger partial charge is 0.338 e. The summed E-state index contributed by atoms with van der Waals surface area (Å²) in [5.74, 6) is 0. The van der Waals surface area contributed by atoms with Crippen LogP contribution in [0.15, 0.2) is 25.3 Å². The zero-order valence-corrected chi connectivity index (χ0v) is 8.99. The van der Waals surface area contributed by atoms with E-state index in [2.05, 4.69) is 13.2 Å². The monoisotopic (exact) mass is 214 g/mol. The molecule has 0 fully saturated rings. The Labute approximate surface area is 86.1 Å². The molecule has 0 aromatic rings. The van der Waals surface area contributed by atoms with E-state index in [1.54, 1.807) is 16.8 Å². The van der Waals surface area contributed by atoms with E-state index in [1.807, 2.05) is 6.07 Å².